The van der Waals surface area contributed by atoms with Gasteiger partial charge in [-0.2, -0.15) is 0 Å². The molecule has 0 saturated heterocycles. The molecule has 0 fully saturated rings. The summed E-state index contributed by atoms with van der Waals surface area (Å²) in [5.41, 5.74) is 3.06. The van der Waals surface area contributed by atoms with Crippen molar-refractivity contribution in [3.8, 4) is 11.5 Å². The summed E-state index contributed by atoms with van der Waals surface area (Å²) in [5.74, 6) is 2.07. The van der Waals surface area contributed by atoms with Crippen LogP contribution in [0.25, 0.3) is 0 Å². The highest BCUT2D eigenvalue weighted by atomic mass is 79.9. The number of ether oxygens (including phenoxy) is 2. The molecule has 21 heavy (non-hydrogen) atoms. The standard InChI is InChI=1S/C16H13BrCl2O2/c17-14-3-1-2-11(8-18)16(14)21-9-12-7-13(19)6-10-4-5-20-15(10)12/h1-3,6-7H,4-5,8-9H2. The zero-order valence-electron chi connectivity index (χ0n) is 11.2. The lowest BCUT2D eigenvalue weighted by Crippen LogP contribution is -2.01. The number of benzene rings is 2. The van der Waals surface area contributed by atoms with E-state index in [9.17, 15) is 0 Å². The van der Waals surface area contributed by atoms with E-state index in [4.69, 9.17) is 32.7 Å². The summed E-state index contributed by atoms with van der Waals surface area (Å²) < 4.78 is 12.5. The molecule has 0 atom stereocenters. The van der Waals surface area contributed by atoms with Gasteiger partial charge in [-0.05, 0) is 39.7 Å². The quantitative estimate of drug-likeness (QED) is 0.658. The van der Waals surface area contributed by atoms with Crippen LogP contribution < -0.4 is 9.47 Å². The van der Waals surface area contributed by atoms with Gasteiger partial charge in [0.05, 0.1) is 17.0 Å². The van der Waals surface area contributed by atoms with Crippen molar-refractivity contribution in [2.24, 2.45) is 0 Å². The van der Waals surface area contributed by atoms with Gasteiger partial charge in [-0.15, -0.1) is 11.6 Å². The van der Waals surface area contributed by atoms with Crippen molar-refractivity contribution in [3.63, 3.8) is 0 Å². The summed E-state index contributed by atoms with van der Waals surface area (Å²) >= 11 is 15.6. The van der Waals surface area contributed by atoms with Crippen LogP contribution in [0.1, 0.15) is 16.7 Å². The molecule has 0 unspecified atom stereocenters. The fraction of sp³-hybridized carbons (Fsp3) is 0.250. The van der Waals surface area contributed by atoms with Crippen molar-refractivity contribution >= 4 is 39.1 Å². The normalized spacial score (nSPS) is 12.9. The predicted octanol–water partition coefficient (Wildman–Crippen LogP) is 5.36. The number of rotatable bonds is 4. The van der Waals surface area contributed by atoms with Gasteiger partial charge in [0.2, 0.25) is 0 Å². The van der Waals surface area contributed by atoms with E-state index in [0.29, 0.717) is 24.1 Å². The average molecular weight is 388 g/mol. The molecule has 2 aromatic rings. The average Bonchev–Trinajstić information content (AvgIpc) is 2.93. The van der Waals surface area contributed by atoms with Crippen LogP contribution in [0, 0.1) is 0 Å². The van der Waals surface area contributed by atoms with E-state index >= 15 is 0 Å². The molecular weight excluding hydrogens is 375 g/mol. The first kappa shape index (κ1) is 15.0. The van der Waals surface area contributed by atoms with Crippen LogP contribution in [0.5, 0.6) is 11.5 Å². The summed E-state index contributed by atoms with van der Waals surface area (Å²) in [6.07, 6.45) is 0.894. The minimum atomic E-state index is 0.398. The Balaban J connectivity index is 1.86. The zero-order valence-corrected chi connectivity index (χ0v) is 14.3. The SMILES string of the molecule is ClCc1cccc(Br)c1OCc1cc(Cl)cc2c1OCC2. The highest BCUT2D eigenvalue weighted by molar-refractivity contribution is 9.10. The van der Waals surface area contributed by atoms with E-state index in [0.717, 1.165) is 39.1 Å². The fourth-order valence-electron chi connectivity index (χ4n) is 2.42. The molecule has 1 heterocycles. The van der Waals surface area contributed by atoms with Gasteiger partial charge in [-0.1, -0.05) is 23.7 Å². The third-order valence-corrected chi connectivity index (χ3v) is 4.52. The minimum absolute atomic E-state index is 0.398. The highest BCUT2D eigenvalue weighted by Gasteiger charge is 2.18. The number of hydrogen-bond acceptors (Lipinski definition) is 2. The molecule has 5 heteroatoms. The van der Waals surface area contributed by atoms with Gasteiger partial charge in [0.25, 0.3) is 0 Å². The second-order valence-electron chi connectivity index (χ2n) is 4.80. The van der Waals surface area contributed by atoms with Crippen LogP contribution in [0.3, 0.4) is 0 Å². The van der Waals surface area contributed by atoms with Gasteiger partial charge in [-0.25, -0.2) is 0 Å². The molecule has 0 radical (unpaired) electrons. The first-order valence-corrected chi connectivity index (χ1v) is 8.30. The lowest BCUT2D eigenvalue weighted by molar-refractivity contribution is 0.288. The summed E-state index contributed by atoms with van der Waals surface area (Å²) in [7, 11) is 0. The maximum Gasteiger partial charge on any atom is 0.138 e. The molecule has 2 aromatic carbocycles. The molecule has 0 N–H and O–H groups in total. The maximum atomic E-state index is 6.16. The number of alkyl halides is 1. The third-order valence-electron chi connectivity index (χ3n) is 3.39. The second kappa shape index (κ2) is 6.47. The number of hydrogen-bond donors (Lipinski definition) is 0. The van der Waals surface area contributed by atoms with Gasteiger partial charge >= 0.3 is 0 Å². The Bertz CT molecular complexity index is 674. The summed E-state index contributed by atoms with van der Waals surface area (Å²) in [4.78, 5) is 0. The van der Waals surface area contributed by atoms with E-state index in [2.05, 4.69) is 15.9 Å². The molecule has 2 nitrogen and oxygen atoms in total. The molecule has 0 aromatic heterocycles. The Kier molecular flexibility index (Phi) is 4.63. The monoisotopic (exact) mass is 386 g/mol. The fourth-order valence-corrected chi connectivity index (χ4v) is 3.42. The van der Waals surface area contributed by atoms with Crippen molar-refractivity contribution in [1.82, 2.24) is 0 Å². The van der Waals surface area contributed by atoms with E-state index in [1.54, 1.807) is 0 Å². The number of para-hydroxylation sites is 1. The molecule has 3 rings (SSSR count). The Morgan fingerprint density at radius 1 is 1.24 bits per heavy atom. The van der Waals surface area contributed by atoms with Crippen molar-refractivity contribution in [2.45, 2.75) is 18.9 Å². The lowest BCUT2D eigenvalue weighted by Gasteiger charge is -2.14. The Morgan fingerprint density at radius 3 is 2.90 bits per heavy atom. The predicted molar refractivity (Wildman–Crippen MR) is 88.7 cm³/mol. The second-order valence-corrected chi connectivity index (χ2v) is 6.36. The van der Waals surface area contributed by atoms with Gasteiger partial charge in [0.1, 0.15) is 18.1 Å². The molecule has 0 bridgehead atoms. The van der Waals surface area contributed by atoms with E-state index in [1.807, 2.05) is 30.3 Å². The molecule has 1 aliphatic rings. The molecule has 0 amide bonds. The Morgan fingerprint density at radius 2 is 2.10 bits per heavy atom. The Hall–Kier alpha value is -0.900. The first-order valence-electron chi connectivity index (χ1n) is 6.59. The number of fused-ring (bicyclic) bond motifs is 1. The van der Waals surface area contributed by atoms with Gasteiger partial charge in [-0.3, -0.25) is 0 Å². The van der Waals surface area contributed by atoms with Crippen LogP contribution in [0.2, 0.25) is 5.02 Å². The van der Waals surface area contributed by atoms with Crippen molar-refractivity contribution in [1.29, 1.82) is 0 Å². The van der Waals surface area contributed by atoms with E-state index in [-0.39, 0.29) is 0 Å². The van der Waals surface area contributed by atoms with Crippen LogP contribution in [0.15, 0.2) is 34.8 Å². The molecule has 0 spiro atoms. The van der Waals surface area contributed by atoms with Crippen molar-refractivity contribution < 1.29 is 9.47 Å². The van der Waals surface area contributed by atoms with E-state index in [1.165, 1.54) is 0 Å². The zero-order chi connectivity index (χ0) is 14.8. The minimum Gasteiger partial charge on any atom is -0.493 e. The number of halogens is 3. The molecule has 1 aliphatic heterocycles. The Labute approximate surface area is 142 Å². The van der Waals surface area contributed by atoms with Crippen molar-refractivity contribution in [2.75, 3.05) is 6.61 Å². The molecule has 0 saturated carbocycles. The summed E-state index contributed by atoms with van der Waals surface area (Å²) in [6, 6.07) is 9.67. The molecule has 0 aliphatic carbocycles. The van der Waals surface area contributed by atoms with Crippen LogP contribution in [0.4, 0.5) is 0 Å². The van der Waals surface area contributed by atoms with Gasteiger partial charge in [0.15, 0.2) is 0 Å². The van der Waals surface area contributed by atoms with Crippen LogP contribution in [-0.4, -0.2) is 6.61 Å². The molecule has 110 valence electrons. The first-order chi connectivity index (χ1) is 10.2. The highest BCUT2D eigenvalue weighted by Crippen LogP contribution is 2.35. The smallest absolute Gasteiger partial charge is 0.138 e. The topological polar surface area (TPSA) is 18.5 Å². The van der Waals surface area contributed by atoms with Gasteiger partial charge < -0.3 is 9.47 Å². The maximum absolute atomic E-state index is 6.16. The lowest BCUT2D eigenvalue weighted by atomic mass is 10.1. The largest absolute Gasteiger partial charge is 0.493 e. The van der Waals surface area contributed by atoms with E-state index < -0.39 is 0 Å². The van der Waals surface area contributed by atoms with Crippen LogP contribution in [-0.2, 0) is 18.9 Å². The summed E-state index contributed by atoms with van der Waals surface area (Å²) in [5, 5.41) is 0.711. The molecular formula is C16H13BrCl2O2. The van der Waals surface area contributed by atoms with Crippen molar-refractivity contribution in [3.05, 3.63) is 56.5 Å². The third kappa shape index (κ3) is 3.15. The van der Waals surface area contributed by atoms with Gasteiger partial charge in [0, 0.05) is 22.6 Å². The van der Waals surface area contributed by atoms with Crippen LogP contribution >= 0.6 is 39.1 Å². The summed E-state index contributed by atoms with van der Waals surface area (Å²) in [6.45, 7) is 1.10.